The van der Waals surface area contributed by atoms with Crippen molar-refractivity contribution >= 4 is 22.0 Å². The molecule has 3 aromatic heterocycles. The van der Waals surface area contributed by atoms with Gasteiger partial charge in [0.25, 0.3) is 10.0 Å². The number of nitrogens with one attached hydrogen (secondary N) is 1. The van der Waals surface area contributed by atoms with Gasteiger partial charge in [-0.15, -0.1) is 0 Å². The van der Waals surface area contributed by atoms with Crippen molar-refractivity contribution < 1.29 is 37.0 Å². The Hall–Kier alpha value is -3.97. The molecular formula is C21H20F2N4O6S. The van der Waals surface area contributed by atoms with E-state index in [0.717, 1.165) is 10.2 Å². The number of halogens is 2. The Morgan fingerprint density at radius 3 is 2.21 bits per heavy atom. The van der Waals surface area contributed by atoms with Crippen molar-refractivity contribution in [2.75, 3.05) is 7.05 Å². The van der Waals surface area contributed by atoms with Crippen molar-refractivity contribution in [3.05, 3.63) is 77.9 Å². The van der Waals surface area contributed by atoms with E-state index in [4.69, 9.17) is 10.2 Å². The Morgan fingerprint density at radius 2 is 1.68 bits per heavy atom. The molecule has 0 aliphatic heterocycles. The average molecular weight is 494 g/mol. The molecule has 0 aromatic carbocycles. The number of carbonyl (C=O) groups is 2. The number of aromatic nitrogens is 3. The molecule has 0 unspecified atom stereocenters. The van der Waals surface area contributed by atoms with E-state index in [0.29, 0.717) is 17.7 Å². The van der Waals surface area contributed by atoms with Crippen molar-refractivity contribution in [3.63, 3.8) is 0 Å². The standard InChI is InChI=1S/C17H16F2N4O2S.C4H4O4/c1-11-5-3-8-22-17(11)26(24,25)23-10-12(9-20-2)14(18)15(23)13-6-4-7-21-16(13)19;5-3(6)1-2-4(7)8/h3-8,10,20H,9H2,1-2H3;1-2H,(H,5,6)(H,7,8)/b;2-1+. The van der Waals surface area contributed by atoms with Crippen LogP contribution in [0.15, 0.2) is 60.0 Å². The van der Waals surface area contributed by atoms with Crippen LogP contribution in [0.3, 0.4) is 0 Å². The second-order valence-corrected chi connectivity index (χ2v) is 8.36. The highest BCUT2D eigenvalue weighted by Gasteiger charge is 2.29. The maximum absolute atomic E-state index is 15.0. The van der Waals surface area contributed by atoms with E-state index in [1.807, 2.05) is 0 Å². The van der Waals surface area contributed by atoms with E-state index >= 15 is 0 Å². The topological polar surface area (TPSA) is 151 Å². The first-order chi connectivity index (χ1) is 16.0. The smallest absolute Gasteiger partial charge is 0.328 e. The number of aryl methyl sites for hydroxylation is 1. The van der Waals surface area contributed by atoms with Crippen LogP contribution in [0.4, 0.5) is 8.78 Å². The lowest BCUT2D eigenvalue weighted by atomic mass is 10.2. The summed E-state index contributed by atoms with van der Waals surface area (Å²) in [5, 5.41) is 18.2. The highest BCUT2D eigenvalue weighted by atomic mass is 32.2. The van der Waals surface area contributed by atoms with Gasteiger partial charge in [-0.05, 0) is 37.7 Å². The fourth-order valence-electron chi connectivity index (χ4n) is 2.79. The minimum atomic E-state index is -4.24. The summed E-state index contributed by atoms with van der Waals surface area (Å²) in [5.74, 6) is -4.31. The Labute approximate surface area is 193 Å². The van der Waals surface area contributed by atoms with Crippen LogP contribution in [0, 0.1) is 18.7 Å². The Morgan fingerprint density at radius 1 is 1.09 bits per heavy atom. The lowest BCUT2D eigenvalue weighted by Crippen LogP contribution is -2.16. The predicted octanol–water partition coefficient (Wildman–Crippen LogP) is 2.20. The summed E-state index contributed by atoms with van der Waals surface area (Å²) in [6.45, 7) is 1.66. The van der Waals surface area contributed by atoms with Crippen molar-refractivity contribution in [3.8, 4) is 11.3 Å². The summed E-state index contributed by atoms with van der Waals surface area (Å²) < 4.78 is 56.1. The molecule has 0 atom stereocenters. The third-order valence-electron chi connectivity index (χ3n) is 4.20. The molecule has 0 radical (unpaired) electrons. The third-order valence-corrected chi connectivity index (χ3v) is 5.92. The molecular weight excluding hydrogens is 474 g/mol. The molecule has 0 aliphatic carbocycles. The zero-order valence-electron chi connectivity index (χ0n) is 17.9. The van der Waals surface area contributed by atoms with Crippen LogP contribution < -0.4 is 5.32 Å². The van der Waals surface area contributed by atoms with Crippen LogP contribution in [0.1, 0.15) is 11.1 Å². The number of aliphatic carboxylic acids is 2. The summed E-state index contributed by atoms with van der Waals surface area (Å²) in [7, 11) is -2.65. The molecule has 13 heteroatoms. The molecule has 0 fully saturated rings. The molecule has 34 heavy (non-hydrogen) atoms. The Kier molecular flexibility index (Phi) is 8.70. The molecule has 3 aromatic rings. The summed E-state index contributed by atoms with van der Waals surface area (Å²) in [6, 6.07) is 5.87. The summed E-state index contributed by atoms with van der Waals surface area (Å²) in [5.41, 5.74) is -0.173. The van der Waals surface area contributed by atoms with Gasteiger partial charge in [0.15, 0.2) is 10.8 Å². The van der Waals surface area contributed by atoms with E-state index in [1.165, 1.54) is 24.5 Å². The van der Waals surface area contributed by atoms with Gasteiger partial charge in [0, 0.05) is 42.9 Å². The minimum absolute atomic E-state index is 0.0738. The van der Waals surface area contributed by atoms with Gasteiger partial charge in [-0.2, -0.15) is 12.8 Å². The largest absolute Gasteiger partial charge is 0.478 e. The molecule has 0 amide bonds. The van der Waals surface area contributed by atoms with E-state index in [-0.39, 0.29) is 22.7 Å². The van der Waals surface area contributed by atoms with E-state index in [9.17, 15) is 26.8 Å². The molecule has 0 aliphatic rings. The number of nitrogens with zero attached hydrogens (tertiary/aromatic N) is 3. The number of carboxylic acid groups (broad SMARTS) is 2. The molecule has 0 saturated heterocycles. The molecule has 0 spiro atoms. The van der Waals surface area contributed by atoms with E-state index < -0.39 is 39.4 Å². The molecule has 0 saturated carbocycles. The van der Waals surface area contributed by atoms with Crippen LogP contribution >= 0.6 is 0 Å². The van der Waals surface area contributed by atoms with Crippen LogP contribution in [-0.2, 0) is 26.2 Å². The number of hydrogen-bond donors (Lipinski definition) is 3. The quantitative estimate of drug-likeness (QED) is 0.332. The number of rotatable bonds is 7. The van der Waals surface area contributed by atoms with E-state index in [1.54, 1.807) is 26.1 Å². The van der Waals surface area contributed by atoms with Gasteiger partial charge in [-0.25, -0.2) is 27.9 Å². The molecule has 10 nitrogen and oxygen atoms in total. The van der Waals surface area contributed by atoms with Gasteiger partial charge in [0.05, 0.1) is 5.56 Å². The zero-order chi connectivity index (χ0) is 25.5. The minimum Gasteiger partial charge on any atom is -0.478 e. The van der Waals surface area contributed by atoms with Crippen LogP contribution in [0.5, 0.6) is 0 Å². The van der Waals surface area contributed by atoms with Crippen LogP contribution in [0.25, 0.3) is 11.3 Å². The molecule has 3 N–H and O–H groups in total. The van der Waals surface area contributed by atoms with Gasteiger partial charge in [0.2, 0.25) is 5.95 Å². The van der Waals surface area contributed by atoms with Gasteiger partial charge in [-0.1, -0.05) is 6.07 Å². The second-order valence-electron chi connectivity index (χ2n) is 6.63. The number of carboxylic acids is 2. The zero-order valence-corrected chi connectivity index (χ0v) is 18.8. The molecule has 180 valence electrons. The summed E-state index contributed by atoms with van der Waals surface area (Å²) >= 11 is 0. The van der Waals surface area contributed by atoms with Gasteiger partial charge >= 0.3 is 11.9 Å². The molecule has 0 bridgehead atoms. The molecule has 3 rings (SSSR count). The van der Waals surface area contributed by atoms with Gasteiger partial charge in [-0.3, -0.25) is 0 Å². The van der Waals surface area contributed by atoms with Gasteiger partial charge in [0.1, 0.15) is 5.69 Å². The fraction of sp³-hybridized carbons (Fsp3) is 0.143. The first-order valence-corrected chi connectivity index (χ1v) is 10.9. The van der Waals surface area contributed by atoms with Crippen LogP contribution in [0.2, 0.25) is 0 Å². The normalized spacial score (nSPS) is 11.2. The predicted molar refractivity (Wildman–Crippen MR) is 116 cm³/mol. The van der Waals surface area contributed by atoms with Crippen molar-refractivity contribution in [2.24, 2.45) is 0 Å². The van der Waals surface area contributed by atoms with Crippen LogP contribution in [-0.4, -0.2) is 51.6 Å². The maximum Gasteiger partial charge on any atom is 0.328 e. The Balaban J connectivity index is 0.000000440. The SMILES string of the molecule is CNCc1cn(S(=O)(=O)c2ncccc2C)c(-c2cccnc2F)c1F.O=C(O)/C=C/C(=O)O. The van der Waals surface area contributed by atoms with Crippen molar-refractivity contribution in [1.29, 1.82) is 0 Å². The first kappa shape index (κ1) is 26.3. The lowest BCUT2D eigenvalue weighted by Gasteiger charge is -2.11. The number of pyridine rings is 2. The summed E-state index contributed by atoms with van der Waals surface area (Å²) in [4.78, 5) is 26.5. The molecule has 3 heterocycles. The monoisotopic (exact) mass is 494 g/mol. The van der Waals surface area contributed by atoms with Gasteiger partial charge < -0.3 is 15.5 Å². The van der Waals surface area contributed by atoms with Crippen molar-refractivity contribution in [1.82, 2.24) is 19.3 Å². The lowest BCUT2D eigenvalue weighted by molar-refractivity contribution is -0.134. The average Bonchev–Trinajstić information content (AvgIpc) is 3.10. The number of hydrogen-bond acceptors (Lipinski definition) is 7. The van der Waals surface area contributed by atoms with E-state index in [2.05, 4.69) is 15.3 Å². The first-order valence-electron chi connectivity index (χ1n) is 9.47. The fourth-order valence-corrected chi connectivity index (χ4v) is 4.33. The third kappa shape index (κ3) is 6.08. The van der Waals surface area contributed by atoms with Crippen molar-refractivity contribution in [2.45, 2.75) is 18.5 Å². The highest BCUT2D eigenvalue weighted by molar-refractivity contribution is 7.90. The highest BCUT2D eigenvalue weighted by Crippen LogP contribution is 2.32. The second kappa shape index (κ2) is 11.2. The Bertz CT molecular complexity index is 1320. The maximum atomic E-state index is 15.0. The summed E-state index contributed by atoms with van der Waals surface area (Å²) in [6.07, 6.45) is 4.79.